The van der Waals surface area contributed by atoms with Crippen molar-refractivity contribution in [2.75, 3.05) is 20.2 Å². The van der Waals surface area contributed by atoms with Crippen LogP contribution in [0.2, 0.25) is 0 Å². The van der Waals surface area contributed by atoms with Crippen LogP contribution in [0.25, 0.3) is 11.0 Å². The molecule has 7 heteroatoms. The third-order valence-corrected chi connectivity index (χ3v) is 4.69. The Bertz CT molecular complexity index is 893. The average molecular weight is 361 g/mol. The molecule has 1 aliphatic heterocycles. The molecule has 26 heavy (non-hydrogen) atoms. The summed E-state index contributed by atoms with van der Waals surface area (Å²) in [6.45, 7) is 6.61. The van der Waals surface area contributed by atoms with Gasteiger partial charge in [-0.15, -0.1) is 0 Å². The van der Waals surface area contributed by atoms with Crippen molar-refractivity contribution in [2.24, 2.45) is 0 Å². The molecule has 1 saturated heterocycles. The molecule has 7 nitrogen and oxygen atoms in total. The number of hydrogen-bond donors (Lipinski definition) is 1. The highest BCUT2D eigenvalue weighted by molar-refractivity contribution is 5.86. The van der Waals surface area contributed by atoms with E-state index >= 15 is 0 Å². The third kappa shape index (κ3) is 3.39. The third-order valence-electron chi connectivity index (χ3n) is 4.69. The average Bonchev–Trinajstić information content (AvgIpc) is 2.57. The van der Waals surface area contributed by atoms with Crippen molar-refractivity contribution in [1.29, 1.82) is 0 Å². The largest absolute Gasteiger partial charge is 0.504 e. The molecule has 2 aromatic rings. The molecule has 0 radical (unpaired) electrons. The van der Waals surface area contributed by atoms with Gasteiger partial charge in [0.05, 0.1) is 31.3 Å². The van der Waals surface area contributed by atoms with E-state index in [9.17, 15) is 14.7 Å². The Morgan fingerprint density at radius 2 is 1.96 bits per heavy atom. The SMILES string of the molecule is COc1cc2c(C)c(CC(=O)N3C[C@H](C)O[C@@H](C)C3)c(=O)oc2cc1O. The standard InChI is InChI=1S/C19H23NO6/c1-10-8-20(9-11(2)25-10)18(22)6-14-12(3)13-5-17(24-4)15(21)7-16(13)26-19(14)23/h5,7,10-11,21H,6,8-9H2,1-4H3/t10-,11-/m0/s1. The van der Waals surface area contributed by atoms with Gasteiger partial charge in [0.25, 0.3) is 0 Å². The lowest BCUT2D eigenvalue weighted by Gasteiger charge is -2.35. The van der Waals surface area contributed by atoms with Gasteiger partial charge in [0, 0.05) is 24.5 Å². The molecule has 2 atom stereocenters. The van der Waals surface area contributed by atoms with Crippen molar-refractivity contribution < 1.29 is 23.8 Å². The lowest BCUT2D eigenvalue weighted by atomic mass is 10.0. The number of fused-ring (bicyclic) bond motifs is 1. The van der Waals surface area contributed by atoms with Crippen LogP contribution in [0.5, 0.6) is 11.5 Å². The molecule has 2 heterocycles. The maximum absolute atomic E-state index is 12.7. The summed E-state index contributed by atoms with van der Waals surface area (Å²) in [6, 6.07) is 2.95. The summed E-state index contributed by atoms with van der Waals surface area (Å²) in [5.74, 6) is 0.0396. The summed E-state index contributed by atoms with van der Waals surface area (Å²) in [4.78, 5) is 26.8. The second-order valence-corrected chi connectivity index (χ2v) is 6.75. The Kier molecular flexibility index (Phi) is 4.91. The van der Waals surface area contributed by atoms with E-state index in [-0.39, 0.29) is 41.6 Å². The Balaban J connectivity index is 1.96. The summed E-state index contributed by atoms with van der Waals surface area (Å²) < 4.78 is 16.1. The van der Waals surface area contributed by atoms with Crippen LogP contribution < -0.4 is 10.4 Å². The van der Waals surface area contributed by atoms with Gasteiger partial charge < -0.3 is 23.9 Å². The van der Waals surface area contributed by atoms with E-state index in [2.05, 4.69) is 0 Å². The molecule has 0 saturated carbocycles. The molecule has 0 aliphatic carbocycles. The Morgan fingerprint density at radius 1 is 1.31 bits per heavy atom. The number of carbonyl (C=O) groups is 1. The smallest absolute Gasteiger partial charge is 0.340 e. The number of rotatable bonds is 3. The first kappa shape index (κ1) is 18.3. The molecule has 1 fully saturated rings. The van der Waals surface area contributed by atoms with Gasteiger partial charge >= 0.3 is 5.63 Å². The molecule has 0 bridgehead atoms. The van der Waals surface area contributed by atoms with Crippen molar-refractivity contribution >= 4 is 16.9 Å². The van der Waals surface area contributed by atoms with Gasteiger partial charge in [-0.3, -0.25) is 4.79 Å². The van der Waals surface area contributed by atoms with Crippen LogP contribution in [-0.4, -0.2) is 48.3 Å². The normalized spacial score (nSPS) is 20.4. The van der Waals surface area contributed by atoms with Crippen LogP contribution >= 0.6 is 0 Å². The molecule has 1 aromatic heterocycles. The minimum atomic E-state index is -0.567. The number of carbonyl (C=O) groups excluding carboxylic acids is 1. The van der Waals surface area contributed by atoms with Crippen LogP contribution in [0, 0.1) is 6.92 Å². The Labute approximate surface area is 151 Å². The molecule has 3 rings (SSSR count). The number of methoxy groups -OCH3 is 1. The molecule has 140 valence electrons. The van der Waals surface area contributed by atoms with Crippen LogP contribution in [0.1, 0.15) is 25.0 Å². The number of amides is 1. The molecular formula is C19H23NO6. The predicted octanol–water partition coefficient (Wildman–Crippen LogP) is 1.99. The molecule has 0 unspecified atom stereocenters. The first-order chi connectivity index (χ1) is 12.3. The molecular weight excluding hydrogens is 338 g/mol. The molecule has 1 aromatic carbocycles. The van der Waals surface area contributed by atoms with Gasteiger partial charge in [0.2, 0.25) is 5.91 Å². The lowest BCUT2D eigenvalue weighted by molar-refractivity contribution is -0.142. The van der Waals surface area contributed by atoms with E-state index in [1.807, 2.05) is 13.8 Å². The van der Waals surface area contributed by atoms with Gasteiger partial charge in [-0.1, -0.05) is 0 Å². The number of phenolic OH excluding ortho intramolecular Hbond substituents is 1. The summed E-state index contributed by atoms with van der Waals surface area (Å²) in [7, 11) is 1.44. The Morgan fingerprint density at radius 3 is 2.58 bits per heavy atom. The fraction of sp³-hybridized carbons (Fsp3) is 0.474. The number of ether oxygens (including phenoxy) is 2. The van der Waals surface area contributed by atoms with Crippen molar-refractivity contribution in [2.45, 2.75) is 39.4 Å². The zero-order valence-electron chi connectivity index (χ0n) is 15.4. The predicted molar refractivity (Wildman–Crippen MR) is 95.7 cm³/mol. The second-order valence-electron chi connectivity index (χ2n) is 6.75. The summed E-state index contributed by atoms with van der Waals surface area (Å²) in [5.41, 5.74) is 0.664. The Hall–Kier alpha value is -2.54. The number of morpholine rings is 1. The van der Waals surface area contributed by atoms with Gasteiger partial charge in [0.15, 0.2) is 11.5 Å². The number of hydrogen-bond acceptors (Lipinski definition) is 6. The van der Waals surface area contributed by atoms with E-state index < -0.39 is 5.63 Å². The van der Waals surface area contributed by atoms with Gasteiger partial charge in [-0.25, -0.2) is 4.79 Å². The zero-order chi connectivity index (χ0) is 19.0. The number of phenols is 1. The number of nitrogens with zero attached hydrogens (tertiary/aromatic N) is 1. The molecule has 1 aliphatic rings. The summed E-state index contributed by atoms with van der Waals surface area (Å²) in [5, 5.41) is 10.5. The zero-order valence-corrected chi connectivity index (χ0v) is 15.4. The van der Waals surface area contributed by atoms with Gasteiger partial charge in [-0.05, 0) is 32.4 Å². The highest BCUT2D eigenvalue weighted by Crippen LogP contribution is 2.32. The number of aryl methyl sites for hydroxylation is 1. The van der Waals surface area contributed by atoms with E-state index in [1.54, 1.807) is 17.9 Å². The van der Waals surface area contributed by atoms with Crippen molar-refractivity contribution in [3.63, 3.8) is 0 Å². The fourth-order valence-electron chi connectivity index (χ4n) is 3.42. The van der Waals surface area contributed by atoms with Gasteiger partial charge in [-0.2, -0.15) is 0 Å². The van der Waals surface area contributed by atoms with E-state index in [0.717, 1.165) is 0 Å². The van der Waals surface area contributed by atoms with E-state index in [0.29, 0.717) is 29.6 Å². The summed E-state index contributed by atoms with van der Waals surface area (Å²) in [6.07, 6.45) is -0.111. The monoisotopic (exact) mass is 361 g/mol. The maximum atomic E-state index is 12.7. The van der Waals surface area contributed by atoms with Crippen LogP contribution in [-0.2, 0) is 16.0 Å². The van der Waals surface area contributed by atoms with E-state index in [1.165, 1.54) is 13.2 Å². The highest BCUT2D eigenvalue weighted by atomic mass is 16.5. The minimum Gasteiger partial charge on any atom is -0.504 e. The first-order valence-electron chi connectivity index (χ1n) is 8.56. The molecule has 0 spiro atoms. The van der Waals surface area contributed by atoms with Crippen LogP contribution in [0.3, 0.4) is 0 Å². The lowest BCUT2D eigenvalue weighted by Crippen LogP contribution is -2.49. The van der Waals surface area contributed by atoms with E-state index in [4.69, 9.17) is 13.9 Å². The number of benzene rings is 1. The fourth-order valence-corrected chi connectivity index (χ4v) is 3.42. The highest BCUT2D eigenvalue weighted by Gasteiger charge is 2.27. The quantitative estimate of drug-likeness (QED) is 0.841. The topological polar surface area (TPSA) is 89.2 Å². The van der Waals surface area contributed by atoms with Gasteiger partial charge in [0.1, 0.15) is 5.58 Å². The molecule has 1 N–H and O–H groups in total. The number of aromatic hydroxyl groups is 1. The first-order valence-corrected chi connectivity index (χ1v) is 8.56. The van der Waals surface area contributed by atoms with Crippen LogP contribution in [0.4, 0.5) is 0 Å². The van der Waals surface area contributed by atoms with Crippen molar-refractivity contribution in [1.82, 2.24) is 4.90 Å². The second kappa shape index (κ2) is 6.99. The maximum Gasteiger partial charge on any atom is 0.340 e. The summed E-state index contributed by atoms with van der Waals surface area (Å²) >= 11 is 0. The van der Waals surface area contributed by atoms with Crippen molar-refractivity contribution in [3.8, 4) is 11.5 Å². The van der Waals surface area contributed by atoms with Crippen LogP contribution in [0.15, 0.2) is 21.3 Å². The minimum absolute atomic E-state index is 0.0350. The van der Waals surface area contributed by atoms with Crippen molar-refractivity contribution in [3.05, 3.63) is 33.7 Å². The molecule has 1 amide bonds.